The number of likely N-dealkylation sites (tertiary alicyclic amines) is 1. The van der Waals surface area contributed by atoms with Gasteiger partial charge in [-0.2, -0.15) is 0 Å². The lowest BCUT2D eigenvalue weighted by atomic mass is 10.1. The maximum atomic E-state index is 15.3. The Bertz CT molecular complexity index is 1540. The van der Waals surface area contributed by atoms with E-state index in [-0.39, 0.29) is 17.3 Å². The molecule has 3 aromatic heterocycles. The Morgan fingerprint density at radius 2 is 1.90 bits per heavy atom. The van der Waals surface area contributed by atoms with Crippen LogP contribution in [0.2, 0.25) is 5.02 Å². The second-order valence-corrected chi connectivity index (χ2v) is 10.7. The number of halogens is 2. The largest absolute Gasteiger partial charge is 0.391 e. The number of hydrogen-bond donors (Lipinski definition) is 2. The van der Waals surface area contributed by atoms with Gasteiger partial charge in [0, 0.05) is 56.4 Å². The van der Waals surface area contributed by atoms with E-state index < -0.39 is 11.9 Å². The molecule has 1 unspecified atom stereocenters. The Hall–Kier alpha value is -3.83. The van der Waals surface area contributed by atoms with Gasteiger partial charge in [-0.15, -0.1) is 0 Å². The summed E-state index contributed by atoms with van der Waals surface area (Å²) in [6.07, 6.45) is 9.19. The number of carbonyl (C=O) groups excluding carboxylic acids is 1. The van der Waals surface area contributed by atoms with E-state index in [0.29, 0.717) is 47.2 Å². The number of β-amino-alcohol motifs (C(OH)–C–C–N with tert-alkyl or cyclic N) is 1. The van der Waals surface area contributed by atoms with Crippen LogP contribution in [0.25, 0.3) is 11.0 Å². The third-order valence-electron chi connectivity index (χ3n) is 7.72. The third-order valence-corrected chi connectivity index (χ3v) is 8.04. The van der Waals surface area contributed by atoms with E-state index in [0.717, 1.165) is 43.9 Å². The molecule has 2 aliphatic rings. The molecule has 12 heteroatoms. The number of aromatic nitrogens is 5. The number of piperidine rings is 1. The van der Waals surface area contributed by atoms with E-state index in [1.54, 1.807) is 23.1 Å². The molecule has 0 saturated carbocycles. The van der Waals surface area contributed by atoms with Gasteiger partial charge in [-0.25, -0.2) is 24.3 Å². The summed E-state index contributed by atoms with van der Waals surface area (Å²) in [5.41, 5.74) is 2.53. The van der Waals surface area contributed by atoms with Gasteiger partial charge < -0.3 is 24.8 Å². The number of anilines is 3. The summed E-state index contributed by atoms with van der Waals surface area (Å²) in [5, 5.41) is 13.5. The molecule has 4 aromatic rings. The van der Waals surface area contributed by atoms with Gasteiger partial charge in [0.25, 0.3) is 5.91 Å². The highest BCUT2D eigenvalue weighted by Gasteiger charge is 2.27. The number of amides is 1. The van der Waals surface area contributed by atoms with Crippen LogP contribution < -0.4 is 10.2 Å². The van der Waals surface area contributed by atoms with Crippen molar-refractivity contribution < 1.29 is 14.3 Å². The summed E-state index contributed by atoms with van der Waals surface area (Å²) in [7, 11) is 0. The predicted molar refractivity (Wildman–Crippen MR) is 151 cm³/mol. The van der Waals surface area contributed by atoms with Crippen LogP contribution in [0.15, 0.2) is 43.1 Å². The molecule has 5 heterocycles. The van der Waals surface area contributed by atoms with E-state index in [1.165, 1.54) is 12.5 Å². The highest BCUT2D eigenvalue weighted by atomic mass is 35.5. The fourth-order valence-corrected chi connectivity index (χ4v) is 5.66. The zero-order valence-corrected chi connectivity index (χ0v) is 22.9. The van der Waals surface area contributed by atoms with Crippen LogP contribution in [0, 0.1) is 5.82 Å². The molecule has 1 atom stereocenters. The molecule has 10 nitrogen and oxygen atoms in total. The number of fused-ring (bicyclic) bond motifs is 1. The minimum Gasteiger partial charge on any atom is -0.391 e. The Balaban J connectivity index is 1.19. The van der Waals surface area contributed by atoms with Crippen molar-refractivity contribution in [1.29, 1.82) is 0 Å². The predicted octanol–water partition coefficient (Wildman–Crippen LogP) is 4.37. The van der Waals surface area contributed by atoms with Crippen LogP contribution >= 0.6 is 11.6 Å². The lowest BCUT2D eigenvalue weighted by molar-refractivity contribution is 0.0765. The molecule has 2 aliphatic heterocycles. The fourth-order valence-electron chi connectivity index (χ4n) is 5.44. The number of rotatable bonds is 6. The van der Waals surface area contributed by atoms with Crippen molar-refractivity contribution in [3.63, 3.8) is 0 Å². The molecule has 2 saturated heterocycles. The van der Waals surface area contributed by atoms with Crippen molar-refractivity contribution >= 4 is 46.0 Å². The minimum atomic E-state index is -0.498. The monoisotopic (exact) mass is 564 g/mol. The molecule has 0 radical (unpaired) electrons. The molecule has 1 amide bonds. The van der Waals surface area contributed by atoms with Gasteiger partial charge in [0.2, 0.25) is 5.95 Å². The van der Waals surface area contributed by atoms with Gasteiger partial charge in [-0.1, -0.05) is 18.5 Å². The van der Waals surface area contributed by atoms with E-state index >= 15 is 4.39 Å². The second kappa shape index (κ2) is 11.0. The van der Waals surface area contributed by atoms with E-state index in [2.05, 4.69) is 37.1 Å². The van der Waals surface area contributed by atoms with Gasteiger partial charge in [-0.3, -0.25) is 4.79 Å². The van der Waals surface area contributed by atoms with Crippen LogP contribution in [0.5, 0.6) is 0 Å². The molecular weight excluding hydrogens is 535 g/mol. The first kappa shape index (κ1) is 26.4. The van der Waals surface area contributed by atoms with Crippen molar-refractivity contribution in [3.8, 4) is 0 Å². The summed E-state index contributed by atoms with van der Waals surface area (Å²) in [5.74, 6) is 0.407. The van der Waals surface area contributed by atoms with Gasteiger partial charge in [0.15, 0.2) is 5.82 Å². The summed E-state index contributed by atoms with van der Waals surface area (Å²) >= 11 is 6.52. The number of benzene rings is 1. The van der Waals surface area contributed by atoms with E-state index in [4.69, 9.17) is 11.6 Å². The van der Waals surface area contributed by atoms with Crippen LogP contribution in [0.4, 0.5) is 21.8 Å². The average Bonchev–Trinajstić information content (AvgIpc) is 3.57. The Kier molecular flexibility index (Phi) is 7.24. The number of carbonyl (C=O) groups is 1. The lowest BCUT2D eigenvalue weighted by Gasteiger charge is -2.32. The number of hydrogen-bond acceptors (Lipinski definition) is 8. The first-order chi connectivity index (χ1) is 19.4. The van der Waals surface area contributed by atoms with Crippen molar-refractivity contribution in [2.24, 2.45) is 0 Å². The summed E-state index contributed by atoms with van der Waals surface area (Å²) < 4.78 is 17.2. The molecule has 6 rings (SSSR count). The Labute approximate surface area is 235 Å². The molecular formula is C28H30ClFN8O2. The smallest absolute Gasteiger partial charge is 0.253 e. The molecule has 0 aliphatic carbocycles. The number of aliphatic hydroxyl groups is 1. The van der Waals surface area contributed by atoms with E-state index in [9.17, 15) is 9.90 Å². The highest BCUT2D eigenvalue weighted by molar-refractivity contribution is 6.33. The van der Waals surface area contributed by atoms with Gasteiger partial charge in [-0.05, 0) is 49.4 Å². The number of nitrogens with zero attached hydrogens (tertiary/aromatic N) is 7. The lowest BCUT2D eigenvalue weighted by Crippen LogP contribution is -2.35. The topological polar surface area (TPSA) is 112 Å². The van der Waals surface area contributed by atoms with Gasteiger partial charge in [0.05, 0.1) is 22.2 Å². The quantitative estimate of drug-likeness (QED) is 0.355. The van der Waals surface area contributed by atoms with Crippen LogP contribution in [0.3, 0.4) is 0 Å². The minimum absolute atomic E-state index is 0.0684. The summed E-state index contributed by atoms with van der Waals surface area (Å²) in [6.45, 7) is 4.40. The highest BCUT2D eigenvalue weighted by Crippen LogP contribution is 2.34. The summed E-state index contributed by atoms with van der Waals surface area (Å²) in [6, 6.07) is 4.98. The first-order valence-corrected chi connectivity index (χ1v) is 13.9. The number of aliphatic hydroxyl groups excluding tert-OH is 1. The third kappa shape index (κ3) is 5.06. The average molecular weight is 565 g/mol. The second-order valence-electron chi connectivity index (χ2n) is 10.3. The van der Waals surface area contributed by atoms with Crippen LogP contribution in [-0.4, -0.2) is 72.7 Å². The molecule has 2 N–H and O–H groups in total. The van der Waals surface area contributed by atoms with Crippen molar-refractivity contribution in [3.05, 3.63) is 65.1 Å². The molecule has 208 valence electrons. The molecule has 2 fully saturated rings. The Morgan fingerprint density at radius 3 is 2.58 bits per heavy atom. The Morgan fingerprint density at radius 1 is 1.12 bits per heavy atom. The zero-order chi connectivity index (χ0) is 27.8. The van der Waals surface area contributed by atoms with Gasteiger partial charge >= 0.3 is 0 Å². The molecule has 0 bridgehead atoms. The van der Waals surface area contributed by atoms with Crippen LogP contribution in [0.1, 0.15) is 48.1 Å². The SMILES string of the molecule is CCc1cnc(N2CCC(n3cc(F)c4c(Nc5ccc(C(=O)N6CCC(O)C6)cc5Cl)ncnc43)CC2)nc1. The first-order valence-electron chi connectivity index (χ1n) is 13.5. The van der Waals surface area contributed by atoms with Gasteiger partial charge in [0.1, 0.15) is 17.8 Å². The van der Waals surface area contributed by atoms with E-state index in [1.807, 2.05) is 17.0 Å². The fraction of sp³-hybridized carbons (Fsp3) is 0.393. The molecule has 40 heavy (non-hydrogen) atoms. The number of aryl methyl sites for hydroxylation is 1. The maximum Gasteiger partial charge on any atom is 0.253 e. The van der Waals surface area contributed by atoms with Crippen LogP contribution in [-0.2, 0) is 6.42 Å². The van der Waals surface area contributed by atoms with Crippen molar-refractivity contribution in [2.75, 3.05) is 36.4 Å². The summed E-state index contributed by atoms with van der Waals surface area (Å²) in [4.78, 5) is 34.2. The normalized spacial score (nSPS) is 18.1. The van der Waals surface area contributed by atoms with Crippen molar-refractivity contribution in [2.45, 2.75) is 44.8 Å². The molecule has 0 spiro atoms. The molecule has 1 aromatic carbocycles. The van der Waals surface area contributed by atoms with Crippen molar-refractivity contribution in [1.82, 2.24) is 29.4 Å². The standard InChI is InChI=1S/C28H30ClFN8O2/c1-2-17-12-31-28(32-13-17)36-8-5-19(6-9-36)38-15-22(30)24-25(33-16-34-26(24)38)35-23-4-3-18(11-21(23)29)27(40)37-10-7-20(39)14-37/h3-4,11-13,15-16,19-20,39H,2,5-10,14H2,1H3,(H,33,34,35). The maximum absolute atomic E-state index is 15.3. The number of nitrogens with one attached hydrogen (secondary N) is 1. The zero-order valence-electron chi connectivity index (χ0n) is 22.1.